The molecule has 0 bridgehead atoms. The van der Waals surface area contributed by atoms with Crippen LogP contribution >= 0.6 is 0 Å². The van der Waals surface area contributed by atoms with Crippen molar-refractivity contribution in [2.24, 2.45) is 0 Å². The van der Waals surface area contributed by atoms with Gasteiger partial charge in [0.05, 0.1) is 34.3 Å². The molecular weight excluding hydrogens is 1520 g/mol. The molecule has 3 aliphatic carbocycles. The molecule has 3 atom stereocenters. The van der Waals surface area contributed by atoms with Gasteiger partial charge in [-0.1, -0.05) is 111 Å². The van der Waals surface area contributed by atoms with E-state index in [0.29, 0.717) is 78.7 Å². The highest BCUT2D eigenvalue weighted by atomic mass is 16.5. The van der Waals surface area contributed by atoms with Crippen LogP contribution in [0.15, 0.2) is 219 Å². The molecule has 3 aliphatic heterocycles. The van der Waals surface area contributed by atoms with E-state index in [1.165, 1.54) is 96.0 Å². The summed E-state index contributed by atoms with van der Waals surface area (Å²) in [6.07, 6.45) is 35.2. The van der Waals surface area contributed by atoms with Crippen molar-refractivity contribution >= 4 is 68.3 Å². The molecule has 12 aromatic rings. The molecule has 27 heteroatoms. The average Bonchev–Trinajstić information content (AvgIpc) is 1.63. The summed E-state index contributed by atoms with van der Waals surface area (Å²) in [5.74, 6) is 5.82. The normalized spacial score (nSPS) is 18.0. The summed E-state index contributed by atoms with van der Waals surface area (Å²) in [7, 11) is 4.30. The fourth-order valence-electron chi connectivity index (χ4n) is 17.6. The van der Waals surface area contributed by atoms with Crippen molar-refractivity contribution < 1.29 is 28.6 Å². The van der Waals surface area contributed by atoms with Crippen LogP contribution in [0, 0.1) is 0 Å². The van der Waals surface area contributed by atoms with Gasteiger partial charge in [-0.05, 0) is 194 Å². The van der Waals surface area contributed by atoms with E-state index in [9.17, 15) is 14.4 Å². The maximum atomic E-state index is 13.1. The van der Waals surface area contributed by atoms with Gasteiger partial charge in [0.2, 0.25) is 17.7 Å². The summed E-state index contributed by atoms with van der Waals surface area (Å²) in [6.45, 7) is 6.20. The zero-order valence-electron chi connectivity index (χ0n) is 68.9. The Labute approximate surface area is 705 Å². The molecule has 3 saturated heterocycles. The summed E-state index contributed by atoms with van der Waals surface area (Å²) in [5, 5.41) is 20.7. The number of anilines is 3. The van der Waals surface area contributed by atoms with E-state index in [2.05, 4.69) is 59.1 Å². The number of benzene rings is 6. The first kappa shape index (κ1) is 82.0. The largest absolute Gasteiger partial charge is 0.457 e. The second-order valence-corrected chi connectivity index (χ2v) is 32.3. The lowest BCUT2D eigenvalue weighted by atomic mass is 10.1. The first-order chi connectivity index (χ1) is 59.3. The van der Waals surface area contributed by atoms with Crippen LogP contribution in [0.1, 0.15) is 127 Å². The number of likely N-dealkylation sites (tertiary alicyclic amines) is 3. The molecule has 3 amide bonds. The van der Waals surface area contributed by atoms with Crippen molar-refractivity contribution in [1.29, 1.82) is 0 Å². The molecule has 6 fully saturated rings. The van der Waals surface area contributed by atoms with Crippen molar-refractivity contribution in [2.45, 2.75) is 145 Å². The minimum Gasteiger partial charge on any atom is -0.457 e. The standard InChI is InChI=1S/C32H37N7O2.2C31H35N7O2/c1-37(24-9-5-6-10-24)19-8-14-28(40)38-20-7-11-25(21-38)39-32-29(31(33)34-22-35-32)30(36-39)23-15-17-27(18-16-23)41-26-12-3-2-4-13-26;1-36(23-8-5-6-9-23)18-7-12-27(39)37-19-17-24(20-37)38-31-28(30(32)33-21-34-31)29(35-38)22-13-15-26(16-14-22)40-25-10-3-2-4-11-25;32-30-28-29(22-14-16-26(17-15-22)40-25-11-2-1-3-12-25)36-38(31(28)35-21-34-30)24-10-7-19-37(20-24)27(39)13-6-18-33-23-8-4-5-9-23/h2-4,8,12-18,22,24-25H,5-7,9-11,19-21H2,1H3,(H2,33,34,35);2-4,7,10-16,21,23-24H,5-6,8-9,17-20H2,1H3,(H2,32,33,34);1-3,6,11-17,21,23-24,33H,4-5,7-10,18-20H2,(H2,32,34,35)/b14-8+;12-7+;13-6+/t25-;2*24-/m111/s1. The van der Waals surface area contributed by atoms with E-state index in [0.717, 1.165) is 149 Å². The quantitative estimate of drug-likeness (QED) is 0.0408. The van der Waals surface area contributed by atoms with Crippen LogP contribution < -0.4 is 36.7 Å². The van der Waals surface area contributed by atoms with Crippen LogP contribution in [-0.2, 0) is 14.4 Å². The Bertz CT molecular complexity index is 5570. The number of amides is 3. The lowest BCUT2D eigenvalue weighted by Crippen LogP contribution is -2.40. The highest BCUT2D eigenvalue weighted by molar-refractivity contribution is 6.00. The van der Waals surface area contributed by atoms with Crippen molar-refractivity contribution in [2.75, 3.05) is 90.2 Å². The topological polar surface area (TPSA) is 316 Å². The number of nitrogens with one attached hydrogen (secondary N) is 1. The molecule has 9 heterocycles. The van der Waals surface area contributed by atoms with Crippen LogP contribution in [0.5, 0.6) is 34.5 Å². The molecule has 624 valence electrons. The van der Waals surface area contributed by atoms with Crippen molar-refractivity contribution in [1.82, 2.24) is 89.1 Å². The van der Waals surface area contributed by atoms with Crippen LogP contribution in [-0.4, -0.2) is 193 Å². The van der Waals surface area contributed by atoms with Crippen LogP contribution in [0.3, 0.4) is 0 Å². The van der Waals surface area contributed by atoms with Gasteiger partial charge in [0.25, 0.3) is 0 Å². The first-order valence-electron chi connectivity index (χ1n) is 42.7. The van der Waals surface area contributed by atoms with Gasteiger partial charge in [-0.3, -0.25) is 24.2 Å². The monoisotopic (exact) mass is 1630 g/mol. The number of nitrogen functional groups attached to an aromatic ring is 3. The minimum absolute atomic E-state index is 0.00440. The van der Waals surface area contributed by atoms with Crippen molar-refractivity contribution in [3.63, 3.8) is 0 Å². The maximum Gasteiger partial charge on any atom is 0.246 e. The van der Waals surface area contributed by atoms with Crippen molar-refractivity contribution in [3.05, 3.63) is 219 Å². The van der Waals surface area contributed by atoms with Crippen molar-refractivity contribution in [3.8, 4) is 68.3 Å². The smallest absolute Gasteiger partial charge is 0.246 e. The molecule has 0 unspecified atom stereocenters. The van der Waals surface area contributed by atoms with Gasteiger partial charge in [-0.2, -0.15) is 15.3 Å². The zero-order valence-corrected chi connectivity index (χ0v) is 68.9. The summed E-state index contributed by atoms with van der Waals surface area (Å²) >= 11 is 0. The fourth-order valence-corrected chi connectivity index (χ4v) is 17.6. The number of ether oxygens (including phenoxy) is 3. The van der Waals surface area contributed by atoms with E-state index < -0.39 is 0 Å². The predicted molar refractivity (Wildman–Crippen MR) is 472 cm³/mol. The third-order valence-corrected chi connectivity index (χ3v) is 24.1. The molecule has 0 spiro atoms. The van der Waals surface area contributed by atoms with Gasteiger partial charge in [0, 0.05) is 112 Å². The molecule has 6 aromatic heterocycles. The van der Waals surface area contributed by atoms with Crippen LogP contribution in [0.4, 0.5) is 17.5 Å². The maximum absolute atomic E-state index is 13.1. The van der Waals surface area contributed by atoms with Gasteiger partial charge < -0.3 is 51.4 Å². The zero-order chi connectivity index (χ0) is 83.0. The van der Waals surface area contributed by atoms with Gasteiger partial charge in [-0.25, -0.2) is 43.9 Å². The van der Waals surface area contributed by atoms with Crippen LogP contribution in [0.2, 0.25) is 0 Å². The summed E-state index contributed by atoms with van der Waals surface area (Å²) in [6, 6.07) is 54.2. The second kappa shape index (κ2) is 39.0. The Kier molecular flexibility index (Phi) is 26.4. The summed E-state index contributed by atoms with van der Waals surface area (Å²) < 4.78 is 23.7. The molecule has 121 heavy (non-hydrogen) atoms. The predicted octanol–water partition coefficient (Wildman–Crippen LogP) is 15.7. The number of nitrogens with two attached hydrogens (primary N) is 3. The van der Waals surface area contributed by atoms with E-state index in [4.69, 9.17) is 46.7 Å². The number of carbonyl (C=O) groups is 3. The Hall–Kier alpha value is -12.7. The number of rotatable bonds is 24. The number of carbonyl (C=O) groups excluding carboxylic acids is 3. The number of hydrogen-bond donors (Lipinski definition) is 4. The molecule has 27 nitrogen and oxygen atoms in total. The van der Waals surface area contributed by atoms with E-state index in [-0.39, 0.29) is 35.8 Å². The Morgan fingerprint density at radius 2 is 0.694 bits per heavy atom. The number of piperidine rings is 2. The molecule has 3 saturated carbocycles. The number of fused-ring (bicyclic) bond motifs is 3. The minimum atomic E-state index is -0.00602. The highest BCUT2D eigenvalue weighted by Crippen LogP contribution is 2.40. The Morgan fingerprint density at radius 1 is 0.380 bits per heavy atom. The molecule has 6 aliphatic rings. The van der Waals surface area contributed by atoms with E-state index >= 15 is 0 Å². The third-order valence-electron chi connectivity index (χ3n) is 24.1. The average molecular weight is 1630 g/mol. The van der Waals surface area contributed by atoms with Crippen LogP contribution in [0.25, 0.3) is 66.9 Å². The Morgan fingerprint density at radius 3 is 1.05 bits per heavy atom. The van der Waals surface area contributed by atoms with Gasteiger partial charge >= 0.3 is 0 Å². The van der Waals surface area contributed by atoms with Gasteiger partial charge in [0.1, 0.15) is 88.0 Å². The van der Waals surface area contributed by atoms with E-state index in [1.807, 2.05) is 211 Å². The molecule has 0 radical (unpaired) electrons. The highest BCUT2D eigenvalue weighted by Gasteiger charge is 2.34. The number of nitrogens with zero attached hydrogens (tertiary/aromatic N) is 17. The van der Waals surface area contributed by atoms with Gasteiger partial charge in [0.15, 0.2) is 16.9 Å². The summed E-state index contributed by atoms with van der Waals surface area (Å²) in [5.41, 5.74) is 25.9. The summed E-state index contributed by atoms with van der Waals surface area (Å²) in [4.78, 5) is 76.0. The Balaban J connectivity index is 0.000000135. The van der Waals surface area contributed by atoms with E-state index in [1.54, 1.807) is 18.2 Å². The molecule has 7 N–H and O–H groups in total. The second-order valence-electron chi connectivity index (χ2n) is 32.3. The third kappa shape index (κ3) is 19.9. The molecule has 18 rings (SSSR count). The lowest BCUT2D eigenvalue weighted by molar-refractivity contribution is -0.128. The lowest BCUT2D eigenvalue weighted by Gasteiger charge is -2.32. The number of aromatic nitrogens is 12. The molecule has 6 aromatic carbocycles. The SMILES string of the molecule is CN(C/C=C/C(=O)N1CCC[C@@H](n2nc(-c3ccc(Oc4ccccc4)cc3)c3c(N)ncnc32)C1)C1CCCC1.CN(C/C=C/C(=O)N1CC[C@@H](n2nc(-c3ccc(Oc4ccccc4)cc3)c3c(N)ncnc32)C1)C1CCCC1.Nc1ncnc2c1c(-c1ccc(Oc3ccccc3)cc1)nn2[C@@H]1CCCN(C(=O)/C=C/CNC2CCCC2)C1. The number of para-hydroxylation sites is 3. The number of likely N-dealkylation sites (N-methyl/N-ethyl adjacent to an activating group) is 2. The van der Waals surface area contributed by atoms with Gasteiger partial charge in [-0.15, -0.1) is 0 Å². The fraction of sp³-hybridized carbons (Fsp3) is 0.362. The number of hydrogen-bond acceptors (Lipinski definition) is 21. The first-order valence-corrected chi connectivity index (χ1v) is 42.7. The molecular formula is C94H107N21O6.